The number of benzene rings is 1. The van der Waals surface area contributed by atoms with E-state index < -0.39 is 0 Å². The zero-order valence-corrected chi connectivity index (χ0v) is 16.5. The fourth-order valence-electron chi connectivity index (χ4n) is 2.77. The van der Waals surface area contributed by atoms with Gasteiger partial charge in [0.25, 0.3) is 11.1 Å². The van der Waals surface area contributed by atoms with E-state index in [1.165, 1.54) is 17.3 Å². The smallest absolute Gasteiger partial charge is 0.277 e. The van der Waals surface area contributed by atoms with E-state index >= 15 is 0 Å². The van der Waals surface area contributed by atoms with Crippen molar-refractivity contribution < 1.29 is 13.6 Å². The molecule has 3 aromatic rings. The van der Waals surface area contributed by atoms with Gasteiger partial charge in [-0.1, -0.05) is 49.0 Å². The summed E-state index contributed by atoms with van der Waals surface area (Å²) in [5.41, 5.74) is 2.00. The fraction of sp³-hybridized carbons (Fsp3) is 0.350. The maximum atomic E-state index is 12.5. The Labute approximate surface area is 162 Å². The van der Waals surface area contributed by atoms with Crippen LogP contribution in [0, 0.1) is 6.92 Å². The number of amides is 1. The van der Waals surface area contributed by atoms with Crippen LogP contribution in [0.1, 0.15) is 37.5 Å². The van der Waals surface area contributed by atoms with Crippen molar-refractivity contribution in [3.63, 3.8) is 0 Å². The average molecular weight is 385 g/mol. The number of nitrogens with one attached hydrogen (secondary N) is 1. The Balaban J connectivity index is 1.55. The van der Waals surface area contributed by atoms with Crippen molar-refractivity contribution in [1.29, 1.82) is 0 Å². The summed E-state index contributed by atoms with van der Waals surface area (Å²) in [6, 6.07) is 12.0. The van der Waals surface area contributed by atoms with E-state index in [-0.39, 0.29) is 11.2 Å². The van der Waals surface area contributed by atoms with Crippen LogP contribution in [0.2, 0.25) is 0 Å². The minimum Gasteiger partial charge on any atom is -0.469 e. The third-order valence-electron chi connectivity index (χ3n) is 4.43. The van der Waals surface area contributed by atoms with Crippen molar-refractivity contribution in [3.05, 3.63) is 54.0 Å². The van der Waals surface area contributed by atoms with Crippen LogP contribution in [-0.4, -0.2) is 27.9 Å². The van der Waals surface area contributed by atoms with Crippen LogP contribution in [0.3, 0.4) is 0 Å². The molecule has 2 atom stereocenters. The maximum absolute atomic E-state index is 12.5. The lowest BCUT2D eigenvalue weighted by atomic mass is 9.96. The molecule has 2 heterocycles. The predicted molar refractivity (Wildman–Crippen MR) is 105 cm³/mol. The Hall–Kier alpha value is -2.54. The normalized spacial score (nSPS) is 13.3. The number of aryl methyl sites for hydroxylation is 1. The van der Waals surface area contributed by atoms with Crippen LogP contribution in [0.5, 0.6) is 0 Å². The minimum absolute atomic E-state index is 0.0476. The van der Waals surface area contributed by atoms with E-state index in [1.54, 1.807) is 12.3 Å². The number of thioether (sulfide) groups is 1. The molecule has 3 rings (SSSR count). The highest BCUT2D eigenvalue weighted by molar-refractivity contribution is 8.00. The van der Waals surface area contributed by atoms with Crippen LogP contribution < -0.4 is 5.32 Å². The third-order valence-corrected chi connectivity index (χ3v) is 5.36. The average Bonchev–Trinajstić information content (AvgIpc) is 3.31. The first kappa shape index (κ1) is 19.2. The van der Waals surface area contributed by atoms with Gasteiger partial charge < -0.3 is 14.2 Å². The molecule has 1 amide bonds. The molecule has 0 aliphatic rings. The van der Waals surface area contributed by atoms with Crippen LogP contribution in [0.4, 0.5) is 0 Å². The first-order valence-corrected chi connectivity index (χ1v) is 9.83. The van der Waals surface area contributed by atoms with Crippen molar-refractivity contribution in [2.45, 2.75) is 43.6 Å². The number of carbonyl (C=O) groups excluding carboxylic acids is 1. The maximum Gasteiger partial charge on any atom is 0.277 e. The fourth-order valence-corrected chi connectivity index (χ4v) is 3.48. The predicted octanol–water partition coefficient (Wildman–Crippen LogP) is 4.43. The van der Waals surface area contributed by atoms with E-state index in [0.29, 0.717) is 29.3 Å². The Bertz CT molecular complexity index is 875. The molecule has 142 valence electrons. The van der Waals surface area contributed by atoms with Crippen LogP contribution in [-0.2, 0) is 4.79 Å². The standard InChI is InChI=1S/C20H23N3O3S/c1-4-15(16-8-6-5-7-9-16)12-21-18(24)14(3)27-20-23-22-19(26-20)17-10-11-25-13(17)2/h5-11,14-15H,4,12H2,1-3H3,(H,21,24)/t14-,15-/m0/s1. The van der Waals surface area contributed by atoms with Gasteiger partial charge in [-0.15, -0.1) is 10.2 Å². The number of rotatable bonds is 8. The second-order valence-electron chi connectivity index (χ2n) is 6.28. The molecule has 2 aromatic heterocycles. The monoisotopic (exact) mass is 385 g/mol. The molecule has 0 saturated heterocycles. The molecular weight excluding hydrogens is 362 g/mol. The van der Waals surface area contributed by atoms with Crippen molar-refractivity contribution in [2.75, 3.05) is 6.54 Å². The topological polar surface area (TPSA) is 81.2 Å². The molecule has 0 aliphatic heterocycles. The lowest BCUT2D eigenvalue weighted by Crippen LogP contribution is -2.34. The second-order valence-corrected chi connectivity index (χ2v) is 7.58. The first-order valence-electron chi connectivity index (χ1n) is 8.95. The summed E-state index contributed by atoms with van der Waals surface area (Å²) in [7, 11) is 0. The third kappa shape index (κ3) is 4.80. The molecule has 1 aromatic carbocycles. The van der Waals surface area contributed by atoms with Gasteiger partial charge in [0.1, 0.15) is 5.76 Å². The Morgan fingerprint density at radius 2 is 2.00 bits per heavy atom. The highest BCUT2D eigenvalue weighted by Gasteiger charge is 2.20. The van der Waals surface area contributed by atoms with E-state index in [1.807, 2.05) is 32.0 Å². The number of hydrogen-bond donors (Lipinski definition) is 1. The second kappa shape index (κ2) is 8.90. The quantitative estimate of drug-likeness (QED) is 0.578. The highest BCUT2D eigenvalue weighted by Crippen LogP contribution is 2.28. The van der Waals surface area contributed by atoms with Gasteiger partial charge in [-0.25, -0.2) is 0 Å². The molecule has 0 radical (unpaired) electrons. The molecule has 7 heteroatoms. The highest BCUT2D eigenvalue weighted by atomic mass is 32.2. The number of furan rings is 1. The summed E-state index contributed by atoms with van der Waals surface area (Å²) in [5.74, 6) is 1.36. The molecule has 0 aliphatic carbocycles. The van der Waals surface area contributed by atoms with Crippen LogP contribution in [0.15, 0.2) is 56.7 Å². The summed E-state index contributed by atoms with van der Waals surface area (Å²) in [5, 5.41) is 11.1. The lowest BCUT2D eigenvalue weighted by molar-refractivity contribution is -0.120. The van der Waals surface area contributed by atoms with Crippen LogP contribution >= 0.6 is 11.8 Å². The Morgan fingerprint density at radius 3 is 2.67 bits per heavy atom. The lowest BCUT2D eigenvalue weighted by Gasteiger charge is -2.17. The van der Waals surface area contributed by atoms with Gasteiger partial charge in [0, 0.05) is 12.5 Å². The van der Waals surface area contributed by atoms with Gasteiger partial charge in [-0.05, 0) is 31.9 Å². The summed E-state index contributed by atoms with van der Waals surface area (Å²) in [4.78, 5) is 12.5. The molecular formula is C20H23N3O3S. The Kier molecular flexibility index (Phi) is 6.34. The number of hydrogen-bond acceptors (Lipinski definition) is 6. The van der Waals surface area contributed by atoms with E-state index in [9.17, 15) is 4.79 Å². The molecule has 0 spiro atoms. The van der Waals surface area contributed by atoms with E-state index in [4.69, 9.17) is 8.83 Å². The van der Waals surface area contributed by atoms with Gasteiger partial charge in [0.15, 0.2) is 0 Å². The minimum atomic E-state index is -0.336. The van der Waals surface area contributed by atoms with Crippen LogP contribution in [0.25, 0.3) is 11.5 Å². The van der Waals surface area contributed by atoms with Gasteiger partial charge in [0.05, 0.1) is 17.1 Å². The molecule has 1 N–H and O–H groups in total. The van der Waals surface area contributed by atoms with Gasteiger partial charge in [-0.3, -0.25) is 4.79 Å². The molecule has 0 fully saturated rings. The molecule has 6 nitrogen and oxygen atoms in total. The number of carbonyl (C=O) groups is 1. The van der Waals surface area contributed by atoms with Gasteiger partial charge in [-0.2, -0.15) is 0 Å². The van der Waals surface area contributed by atoms with Crippen molar-refractivity contribution in [3.8, 4) is 11.5 Å². The zero-order chi connectivity index (χ0) is 19.2. The Morgan fingerprint density at radius 1 is 1.22 bits per heavy atom. The molecule has 27 heavy (non-hydrogen) atoms. The van der Waals surface area contributed by atoms with Gasteiger partial charge in [0.2, 0.25) is 5.91 Å². The summed E-state index contributed by atoms with van der Waals surface area (Å²) in [6.45, 7) is 6.39. The van der Waals surface area contributed by atoms with Gasteiger partial charge >= 0.3 is 0 Å². The zero-order valence-electron chi connectivity index (χ0n) is 15.6. The SMILES string of the molecule is CC[C@@H](CNC(=O)[C@H](C)Sc1nnc(-c2ccoc2C)o1)c1ccccc1. The largest absolute Gasteiger partial charge is 0.469 e. The van der Waals surface area contributed by atoms with Crippen molar-refractivity contribution in [2.24, 2.45) is 0 Å². The number of aromatic nitrogens is 2. The molecule has 0 unspecified atom stereocenters. The van der Waals surface area contributed by atoms with E-state index in [2.05, 4.69) is 34.6 Å². The molecule has 0 saturated carbocycles. The first-order chi connectivity index (χ1) is 13.1. The summed E-state index contributed by atoms with van der Waals surface area (Å²) >= 11 is 1.25. The summed E-state index contributed by atoms with van der Waals surface area (Å²) < 4.78 is 10.9. The van der Waals surface area contributed by atoms with Crippen molar-refractivity contribution >= 4 is 17.7 Å². The van der Waals surface area contributed by atoms with Crippen molar-refractivity contribution in [1.82, 2.24) is 15.5 Å². The number of nitrogens with zero attached hydrogens (tertiary/aromatic N) is 2. The van der Waals surface area contributed by atoms with E-state index in [0.717, 1.165) is 12.0 Å². The summed E-state index contributed by atoms with van der Waals surface area (Å²) in [6.07, 6.45) is 2.54. The molecule has 0 bridgehead atoms.